The highest BCUT2D eigenvalue weighted by Crippen LogP contribution is 2.30. The van der Waals surface area contributed by atoms with Crippen molar-refractivity contribution in [3.05, 3.63) is 99.0 Å². The largest absolute Gasteiger partial charge is 0.354 e. The summed E-state index contributed by atoms with van der Waals surface area (Å²) in [5, 5.41) is 3.73. The van der Waals surface area contributed by atoms with Crippen LogP contribution >= 0.6 is 34.8 Å². The van der Waals surface area contributed by atoms with Gasteiger partial charge in [0.25, 0.3) is 0 Å². The van der Waals surface area contributed by atoms with Crippen LogP contribution in [-0.2, 0) is 32.6 Å². The number of anilines is 1. The van der Waals surface area contributed by atoms with E-state index in [0.29, 0.717) is 22.2 Å². The molecule has 3 aromatic carbocycles. The SMILES string of the molecule is CCCCNC(=O)C(Cc1ccccc1)N(Cc1c(Cl)cccc1Cl)C(=O)CN(c1ccccc1Cl)S(C)(=O)=O. The smallest absolute Gasteiger partial charge is 0.244 e. The fourth-order valence-corrected chi connectivity index (χ4v) is 5.83. The molecule has 7 nitrogen and oxygen atoms in total. The molecule has 1 N–H and O–H groups in total. The third kappa shape index (κ3) is 8.61. The molecule has 0 spiro atoms. The molecule has 0 fully saturated rings. The Kier molecular flexibility index (Phi) is 11.7. The second-order valence-corrected chi connectivity index (χ2v) is 12.4. The van der Waals surface area contributed by atoms with Crippen LogP contribution in [0.5, 0.6) is 0 Å². The average molecular weight is 625 g/mol. The Hall–Kier alpha value is -2.78. The predicted molar refractivity (Wildman–Crippen MR) is 163 cm³/mol. The molecule has 0 bridgehead atoms. The van der Waals surface area contributed by atoms with Crippen LogP contribution in [0, 0.1) is 0 Å². The van der Waals surface area contributed by atoms with Crippen molar-refractivity contribution in [2.45, 2.75) is 38.8 Å². The highest BCUT2D eigenvalue weighted by atomic mass is 35.5. The first-order chi connectivity index (χ1) is 19.0. The van der Waals surface area contributed by atoms with E-state index in [0.717, 1.165) is 29.0 Å². The van der Waals surface area contributed by atoms with E-state index in [9.17, 15) is 18.0 Å². The first kappa shape index (κ1) is 31.7. The summed E-state index contributed by atoms with van der Waals surface area (Å²) in [4.78, 5) is 29.0. The molecule has 2 amide bonds. The van der Waals surface area contributed by atoms with Gasteiger partial charge >= 0.3 is 0 Å². The van der Waals surface area contributed by atoms with E-state index in [4.69, 9.17) is 34.8 Å². The summed E-state index contributed by atoms with van der Waals surface area (Å²) < 4.78 is 26.6. The minimum atomic E-state index is -3.93. The number of sulfonamides is 1. The van der Waals surface area contributed by atoms with E-state index in [-0.39, 0.29) is 29.6 Å². The molecule has 3 rings (SSSR count). The fraction of sp³-hybridized carbons (Fsp3) is 0.310. The Morgan fingerprint density at radius 1 is 0.875 bits per heavy atom. The van der Waals surface area contributed by atoms with Gasteiger partial charge in [-0.2, -0.15) is 0 Å². The number of benzene rings is 3. The van der Waals surface area contributed by atoms with Crippen molar-refractivity contribution in [1.82, 2.24) is 10.2 Å². The van der Waals surface area contributed by atoms with E-state index >= 15 is 0 Å². The molecule has 0 radical (unpaired) electrons. The summed E-state index contributed by atoms with van der Waals surface area (Å²) in [5.74, 6) is -0.981. The number of rotatable bonds is 13. The number of hydrogen-bond donors (Lipinski definition) is 1. The van der Waals surface area contributed by atoms with Crippen LogP contribution in [0.15, 0.2) is 72.8 Å². The van der Waals surface area contributed by atoms with Gasteiger partial charge in [-0.3, -0.25) is 13.9 Å². The van der Waals surface area contributed by atoms with Crippen molar-refractivity contribution in [3.8, 4) is 0 Å². The number of carbonyl (C=O) groups is 2. The number of nitrogens with one attached hydrogen (secondary N) is 1. The molecule has 0 aliphatic heterocycles. The molecule has 11 heteroatoms. The molecule has 0 saturated carbocycles. The highest BCUT2D eigenvalue weighted by molar-refractivity contribution is 7.92. The summed E-state index contributed by atoms with van der Waals surface area (Å²) in [5.41, 5.74) is 1.43. The molecule has 214 valence electrons. The van der Waals surface area contributed by atoms with Crippen LogP contribution in [0.1, 0.15) is 30.9 Å². The van der Waals surface area contributed by atoms with Crippen LogP contribution in [0.2, 0.25) is 15.1 Å². The van der Waals surface area contributed by atoms with Crippen molar-refractivity contribution in [1.29, 1.82) is 0 Å². The van der Waals surface area contributed by atoms with Gasteiger partial charge < -0.3 is 10.2 Å². The van der Waals surface area contributed by atoms with Crippen LogP contribution in [0.3, 0.4) is 0 Å². The zero-order valence-corrected chi connectivity index (χ0v) is 25.4. The van der Waals surface area contributed by atoms with Gasteiger partial charge in [0.15, 0.2) is 0 Å². The quantitative estimate of drug-likeness (QED) is 0.238. The topological polar surface area (TPSA) is 86.8 Å². The summed E-state index contributed by atoms with van der Waals surface area (Å²) in [6, 6.07) is 19.6. The summed E-state index contributed by atoms with van der Waals surface area (Å²) in [6.07, 6.45) is 2.83. The van der Waals surface area contributed by atoms with Crippen LogP contribution in [0.25, 0.3) is 0 Å². The molecule has 0 aliphatic rings. The summed E-state index contributed by atoms with van der Waals surface area (Å²) in [6.45, 7) is 1.75. The van der Waals surface area contributed by atoms with Gasteiger partial charge in [-0.05, 0) is 36.2 Å². The van der Waals surface area contributed by atoms with Gasteiger partial charge in [-0.15, -0.1) is 0 Å². The Balaban J connectivity index is 2.09. The summed E-state index contributed by atoms with van der Waals surface area (Å²) >= 11 is 19.3. The van der Waals surface area contributed by atoms with Crippen molar-refractivity contribution in [3.63, 3.8) is 0 Å². The number of hydrogen-bond acceptors (Lipinski definition) is 4. The van der Waals surface area contributed by atoms with Crippen LogP contribution in [0.4, 0.5) is 5.69 Å². The van der Waals surface area contributed by atoms with Gasteiger partial charge in [0.1, 0.15) is 12.6 Å². The van der Waals surface area contributed by atoms with E-state index in [1.807, 2.05) is 37.3 Å². The standard InChI is InChI=1S/C29H32Cl3N3O4S/c1-3-4-17-33-29(37)27(18-21-11-6-5-7-12-21)34(19-22-23(30)14-10-15-24(22)31)28(36)20-35(40(2,38)39)26-16-9-8-13-25(26)32/h5-16,27H,3-4,17-20H2,1-2H3,(H,33,37). The second-order valence-electron chi connectivity index (χ2n) is 9.29. The van der Waals surface area contributed by atoms with Gasteiger partial charge in [0.2, 0.25) is 21.8 Å². The summed E-state index contributed by atoms with van der Waals surface area (Å²) in [7, 11) is -3.93. The predicted octanol–water partition coefficient (Wildman–Crippen LogP) is 5.97. The second kappa shape index (κ2) is 14.7. The molecule has 0 aliphatic carbocycles. The first-order valence-electron chi connectivity index (χ1n) is 12.8. The number of carbonyl (C=O) groups excluding carboxylic acids is 2. The van der Waals surface area contributed by atoms with Crippen LogP contribution < -0.4 is 9.62 Å². The molecule has 1 unspecified atom stereocenters. The zero-order valence-electron chi connectivity index (χ0n) is 22.3. The Morgan fingerprint density at radius 3 is 2.08 bits per heavy atom. The maximum Gasteiger partial charge on any atom is 0.244 e. The third-order valence-electron chi connectivity index (χ3n) is 6.29. The van der Waals surface area contributed by atoms with E-state index in [2.05, 4.69) is 5.32 Å². The van der Waals surface area contributed by atoms with Gasteiger partial charge in [-0.1, -0.05) is 96.7 Å². The Morgan fingerprint density at radius 2 is 1.48 bits per heavy atom. The minimum absolute atomic E-state index is 0.115. The van der Waals surface area contributed by atoms with Gasteiger partial charge in [0, 0.05) is 35.1 Å². The number of para-hydroxylation sites is 1. The molecule has 1 atom stereocenters. The lowest BCUT2D eigenvalue weighted by Gasteiger charge is -2.34. The highest BCUT2D eigenvalue weighted by Gasteiger charge is 2.34. The van der Waals surface area contributed by atoms with Crippen molar-refractivity contribution < 1.29 is 18.0 Å². The lowest BCUT2D eigenvalue weighted by molar-refractivity contribution is -0.140. The van der Waals surface area contributed by atoms with Crippen molar-refractivity contribution in [2.75, 3.05) is 23.7 Å². The molecule has 0 saturated heterocycles. The average Bonchev–Trinajstić information content (AvgIpc) is 2.91. The maximum atomic E-state index is 14.1. The van der Waals surface area contributed by atoms with E-state index < -0.39 is 28.5 Å². The van der Waals surface area contributed by atoms with E-state index in [1.54, 1.807) is 36.4 Å². The first-order valence-corrected chi connectivity index (χ1v) is 15.8. The van der Waals surface area contributed by atoms with Gasteiger partial charge in [-0.25, -0.2) is 8.42 Å². The minimum Gasteiger partial charge on any atom is -0.354 e. The molecule has 3 aromatic rings. The van der Waals surface area contributed by atoms with E-state index in [1.165, 1.54) is 11.0 Å². The number of unbranched alkanes of at least 4 members (excludes halogenated alkanes) is 1. The molecular weight excluding hydrogens is 593 g/mol. The normalized spacial score (nSPS) is 12.0. The van der Waals surface area contributed by atoms with Gasteiger partial charge in [0.05, 0.1) is 17.0 Å². The van der Waals surface area contributed by atoms with Crippen LogP contribution in [-0.4, -0.2) is 50.5 Å². The molecular formula is C29H32Cl3N3O4S. The lowest BCUT2D eigenvalue weighted by atomic mass is 10.0. The molecule has 0 aromatic heterocycles. The number of halogens is 3. The fourth-order valence-electron chi connectivity index (χ4n) is 4.16. The maximum absolute atomic E-state index is 14.1. The number of nitrogens with zero attached hydrogens (tertiary/aromatic N) is 2. The Labute approximate surface area is 251 Å². The number of amides is 2. The zero-order chi connectivity index (χ0) is 29.3. The monoisotopic (exact) mass is 623 g/mol. The Bertz CT molecular complexity index is 1400. The third-order valence-corrected chi connectivity index (χ3v) is 8.45. The lowest BCUT2D eigenvalue weighted by Crippen LogP contribution is -2.53. The van der Waals surface area contributed by atoms with Crippen molar-refractivity contribution in [2.24, 2.45) is 0 Å². The molecule has 40 heavy (non-hydrogen) atoms. The van der Waals surface area contributed by atoms with Crippen molar-refractivity contribution >= 4 is 62.3 Å². The molecule has 0 heterocycles.